The van der Waals surface area contributed by atoms with Crippen LogP contribution in [0.1, 0.15) is 37.7 Å². The van der Waals surface area contributed by atoms with Gasteiger partial charge in [-0.3, -0.25) is 14.3 Å². The number of hydrogen-bond donors (Lipinski definition) is 0. The molecule has 2 unspecified atom stereocenters. The molecule has 1 aromatic heterocycles. The van der Waals surface area contributed by atoms with E-state index in [0.29, 0.717) is 30.8 Å². The van der Waals surface area contributed by atoms with Gasteiger partial charge in [0.25, 0.3) is 0 Å². The summed E-state index contributed by atoms with van der Waals surface area (Å²) in [6, 6.07) is 26.3. The number of fused-ring (bicyclic) bond motifs is 1. The molecule has 3 aromatic carbocycles. The van der Waals surface area contributed by atoms with Crippen LogP contribution in [0.4, 0.5) is 0 Å². The summed E-state index contributed by atoms with van der Waals surface area (Å²) < 4.78 is 14.0. The first-order valence-electron chi connectivity index (χ1n) is 16.1. The Morgan fingerprint density at radius 1 is 1.00 bits per heavy atom. The van der Waals surface area contributed by atoms with E-state index in [9.17, 15) is 4.79 Å². The van der Waals surface area contributed by atoms with Gasteiger partial charge >= 0.3 is 0 Å². The molecule has 2 heterocycles. The summed E-state index contributed by atoms with van der Waals surface area (Å²) in [6.45, 7) is 8.76. The molecule has 0 saturated carbocycles. The number of carbonyl (C=O) groups is 1. The number of para-hydroxylation sites is 1. The predicted molar refractivity (Wildman–Crippen MR) is 187 cm³/mol. The standard InChI is InChI=1S/C38H42N4O3S/c1-27-25-32(44-3)17-18-35(27)42-37(39-34-12-8-7-11-33(34)38(42)46)28(2)41(20-19-40-21-23-45-24-22-40)36(43)26-29-13-15-31(16-14-29)30-9-5-4-6-10-30/h4-18,27-28H,19-26H2,1-3H3. The van der Waals surface area contributed by atoms with E-state index in [-0.39, 0.29) is 17.9 Å². The maximum atomic E-state index is 14.3. The van der Waals surface area contributed by atoms with E-state index in [0.717, 1.165) is 70.9 Å². The molecule has 2 atom stereocenters. The molecule has 1 amide bonds. The predicted octanol–water partition coefficient (Wildman–Crippen LogP) is 7.31. The Hall–Kier alpha value is -4.11. The van der Waals surface area contributed by atoms with Crippen molar-refractivity contribution in [3.63, 3.8) is 0 Å². The van der Waals surface area contributed by atoms with Crippen molar-refractivity contribution in [2.75, 3.05) is 46.5 Å². The molecule has 0 radical (unpaired) electrons. The SMILES string of the molecule is COC1=CC=C(n2c(C(C)N(CCN3CCOCC3)C(=O)Cc3ccc(-c4ccccc4)cc3)nc3ccccc3c2=S)C(C)C1. The lowest BCUT2D eigenvalue weighted by Gasteiger charge is -2.35. The van der Waals surface area contributed by atoms with Crippen molar-refractivity contribution in [1.82, 2.24) is 19.4 Å². The number of nitrogens with zero attached hydrogens (tertiary/aromatic N) is 4. The molecule has 1 aliphatic heterocycles. The van der Waals surface area contributed by atoms with Crippen LogP contribution in [0.2, 0.25) is 0 Å². The molecule has 6 rings (SSSR count). The van der Waals surface area contributed by atoms with E-state index in [2.05, 4.69) is 65.8 Å². The van der Waals surface area contributed by atoms with Gasteiger partial charge in [-0.1, -0.05) is 85.9 Å². The van der Waals surface area contributed by atoms with Crippen molar-refractivity contribution in [3.05, 3.63) is 113 Å². The topological polar surface area (TPSA) is 59.8 Å². The first kappa shape index (κ1) is 31.9. The average molecular weight is 635 g/mol. The van der Waals surface area contributed by atoms with Gasteiger partial charge in [0.2, 0.25) is 5.91 Å². The number of allylic oxidation sites excluding steroid dienone is 4. The Morgan fingerprint density at radius 3 is 2.41 bits per heavy atom. The van der Waals surface area contributed by atoms with Crippen LogP contribution in [-0.4, -0.2) is 71.8 Å². The second-order valence-corrected chi connectivity index (χ2v) is 12.5. The van der Waals surface area contributed by atoms with E-state index in [1.54, 1.807) is 7.11 Å². The molecule has 1 saturated heterocycles. The summed E-state index contributed by atoms with van der Waals surface area (Å²) in [4.78, 5) is 23.9. The van der Waals surface area contributed by atoms with Crippen molar-refractivity contribution >= 4 is 34.7 Å². The zero-order valence-electron chi connectivity index (χ0n) is 26.9. The van der Waals surface area contributed by atoms with Gasteiger partial charge in [-0.25, -0.2) is 4.98 Å². The highest BCUT2D eigenvalue weighted by molar-refractivity contribution is 7.71. The first-order chi connectivity index (χ1) is 22.4. The molecule has 0 spiro atoms. The molecule has 8 heteroatoms. The third kappa shape index (κ3) is 6.99. The molecule has 1 aliphatic carbocycles. The molecule has 0 bridgehead atoms. The van der Waals surface area contributed by atoms with Gasteiger partial charge in [-0.15, -0.1) is 0 Å². The Bertz CT molecular complexity index is 1790. The molecule has 1 fully saturated rings. The minimum atomic E-state index is -0.329. The maximum Gasteiger partial charge on any atom is 0.227 e. The smallest absolute Gasteiger partial charge is 0.227 e. The molecule has 238 valence electrons. The zero-order valence-corrected chi connectivity index (χ0v) is 27.7. The van der Waals surface area contributed by atoms with Crippen LogP contribution in [0, 0.1) is 10.6 Å². The van der Waals surface area contributed by atoms with Gasteiger partial charge in [0.05, 0.1) is 44.1 Å². The number of carbonyl (C=O) groups excluding carboxylic acids is 1. The summed E-state index contributed by atoms with van der Waals surface area (Å²) in [5.74, 6) is 1.92. The lowest BCUT2D eigenvalue weighted by atomic mass is 9.96. The summed E-state index contributed by atoms with van der Waals surface area (Å²) >= 11 is 6.17. The number of ether oxygens (including phenoxy) is 2. The molecular formula is C38H42N4O3S. The van der Waals surface area contributed by atoms with Crippen LogP contribution >= 0.6 is 12.2 Å². The van der Waals surface area contributed by atoms with Crippen molar-refractivity contribution < 1.29 is 14.3 Å². The van der Waals surface area contributed by atoms with Crippen molar-refractivity contribution in [3.8, 4) is 11.1 Å². The van der Waals surface area contributed by atoms with Gasteiger partial charge in [-0.05, 0) is 47.9 Å². The highest BCUT2D eigenvalue weighted by Gasteiger charge is 2.29. The van der Waals surface area contributed by atoms with Gasteiger partial charge < -0.3 is 14.4 Å². The number of rotatable bonds is 10. The zero-order chi connectivity index (χ0) is 32.0. The number of hydrogen-bond acceptors (Lipinski definition) is 6. The molecular weight excluding hydrogens is 593 g/mol. The number of benzene rings is 3. The summed E-state index contributed by atoms with van der Waals surface area (Å²) in [6.07, 6.45) is 5.17. The van der Waals surface area contributed by atoms with Crippen LogP contribution < -0.4 is 0 Å². The lowest BCUT2D eigenvalue weighted by molar-refractivity contribution is -0.133. The molecule has 4 aromatic rings. The van der Waals surface area contributed by atoms with Crippen molar-refractivity contribution in [2.45, 2.75) is 32.7 Å². The molecule has 46 heavy (non-hydrogen) atoms. The van der Waals surface area contributed by atoms with E-state index in [4.69, 9.17) is 26.7 Å². The third-order valence-electron chi connectivity index (χ3n) is 9.11. The fourth-order valence-corrected chi connectivity index (χ4v) is 6.78. The van der Waals surface area contributed by atoms with Gasteiger partial charge in [0, 0.05) is 49.6 Å². The number of amides is 1. The van der Waals surface area contributed by atoms with E-state index < -0.39 is 0 Å². The molecule has 7 nitrogen and oxygen atoms in total. The average Bonchev–Trinajstić information content (AvgIpc) is 3.09. The summed E-state index contributed by atoms with van der Waals surface area (Å²) in [5.41, 5.74) is 5.17. The van der Waals surface area contributed by atoms with Gasteiger partial charge in [0.1, 0.15) is 10.5 Å². The van der Waals surface area contributed by atoms with E-state index in [1.807, 2.05) is 53.4 Å². The van der Waals surface area contributed by atoms with Gasteiger partial charge in [-0.2, -0.15) is 0 Å². The minimum absolute atomic E-state index is 0.0629. The highest BCUT2D eigenvalue weighted by Crippen LogP contribution is 2.34. The number of methoxy groups -OCH3 is 1. The van der Waals surface area contributed by atoms with E-state index >= 15 is 0 Å². The lowest BCUT2D eigenvalue weighted by Crippen LogP contribution is -2.45. The Morgan fingerprint density at radius 2 is 1.70 bits per heavy atom. The van der Waals surface area contributed by atoms with Crippen LogP contribution in [-0.2, 0) is 20.7 Å². The normalized spacial score (nSPS) is 17.7. The Balaban J connectivity index is 1.36. The second kappa shape index (κ2) is 14.5. The van der Waals surface area contributed by atoms with Crippen molar-refractivity contribution in [2.24, 2.45) is 5.92 Å². The highest BCUT2D eigenvalue weighted by atomic mass is 32.1. The van der Waals surface area contributed by atoms with Crippen LogP contribution in [0.25, 0.3) is 27.7 Å². The second-order valence-electron chi connectivity index (χ2n) is 12.1. The fourth-order valence-electron chi connectivity index (χ4n) is 6.41. The number of aromatic nitrogens is 2. The fraction of sp³-hybridized carbons (Fsp3) is 0.342. The van der Waals surface area contributed by atoms with Crippen LogP contribution in [0.5, 0.6) is 0 Å². The Kier molecular flexibility index (Phi) is 10.1. The molecule has 2 aliphatic rings. The van der Waals surface area contributed by atoms with E-state index in [1.165, 1.54) is 0 Å². The van der Waals surface area contributed by atoms with Crippen LogP contribution in [0.15, 0.2) is 96.8 Å². The van der Waals surface area contributed by atoms with Crippen LogP contribution in [0.3, 0.4) is 0 Å². The maximum absolute atomic E-state index is 14.3. The molecule has 0 N–H and O–H groups in total. The quantitative estimate of drug-likeness (QED) is 0.171. The third-order valence-corrected chi connectivity index (χ3v) is 9.52. The summed E-state index contributed by atoms with van der Waals surface area (Å²) in [7, 11) is 1.71. The van der Waals surface area contributed by atoms with Crippen molar-refractivity contribution in [1.29, 1.82) is 0 Å². The minimum Gasteiger partial charge on any atom is -0.501 e. The first-order valence-corrected chi connectivity index (χ1v) is 16.5. The monoisotopic (exact) mass is 634 g/mol. The summed E-state index contributed by atoms with van der Waals surface area (Å²) in [5, 5.41) is 0.924. The Labute approximate surface area is 276 Å². The van der Waals surface area contributed by atoms with Gasteiger partial charge in [0.15, 0.2) is 0 Å². The number of morpholine rings is 1. The largest absolute Gasteiger partial charge is 0.501 e.